The molecule has 2 aromatic carbocycles. The highest BCUT2D eigenvalue weighted by molar-refractivity contribution is 6.13. The van der Waals surface area contributed by atoms with Crippen molar-refractivity contribution in [2.45, 2.75) is 6.61 Å². The van der Waals surface area contributed by atoms with Gasteiger partial charge in [0.25, 0.3) is 0 Å². The minimum absolute atomic E-state index is 0.0143. The summed E-state index contributed by atoms with van der Waals surface area (Å²) in [7, 11) is 4.47. The monoisotopic (exact) mass is 405 g/mol. The van der Waals surface area contributed by atoms with E-state index in [-0.39, 0.29) is 17.3 Å². The molecule has 0 amide bonds. The Bertz CT molecular complexity index is 970. The maximum Gasteiger partial charge on any atom is 0.387 e. The fourth-order valence-corrected chi connectivity index (χ4v) is 2.62. The van der Waals surface area contributed by atoms with Crippen molar-refractivity contribution < 1.29 is 37.3 Å². The Kier molecular flexibility index (Phi) is 5.96. The lowest BCUT2D eigenvalue weighted by Gasteiger charge is -2.12. The van der Waals surface area contributed by atoms with Crippen LogP contribution in [0.4, 0.5) is 8.78 Å². The summed E-state index contributed by atoms with van der Waals surface area (Å²) in [6.07, 6.45) is 1.49. The number of esters is 1. The number of carbonyl (C=O) groups excluding carboxylic acids is 1. The van der Waals surface area contributed by atoms with Gasteiger partial charge in [-0.2, -0.15) is 8.78 Å². The van der Waals surface area contributed by atoms with Crippen LogP contribution in [0.3, 0.4) is 0 Å². The molecule has 0 aliphatic carbocycles. The van der Waals surface area contributed by atoms with Crippen LogP contribution in [-0.2, 0) is 9.53 Å². The van der Waals surface area contributed by atoms with Crippen molar-refractivity contribution in [1.29, 1.82) is 0 Å². The van der Waals surface area contributed by atoms with Crippen LogP contribution >= 0.6 is 0 Å². The van der Waals surface area contributed by atoms with E-state index in [0.717, 1.165) is 0 Å². The van der Waals surface area contributed by atoms with Gasteiger partial charge in [0.1, 0.15) is 11.5 Å². The standard InChI is InChI=1S/C20H17F2NO6/c1-25-15-10-17(27-3)16(26-2)9-12(15)8-14-19(24)29-18(23-14)11-4-6-13(7-5-11)28-20(21)22/h4-10,20H,1-3H3. The molecule has 152 valence electrons. The second-order valence-electron chi connectivity index (χ2n) is 5.69. The van der Waals surface area contributed by atoms with Gasteiger partial charge < -0.3 is 23.7 Å². The molecule has 7 nitrogen and oxygen atoms in total. The highest BCUT2D eigenvalue weighted by Gasteiger charge is 2.25. The van der Waals surface area contributed by atoms with Gasteiger partial charge in [-0.3, -0.25) is 0 Å². The van der Waals surface area contributed by atoms with Crippen LogP contribution in [0.15, 0.2) is 47.1 Å². The first-order valence-electron chi connectivity index (χ1n) is 8.33. The average molecular weight is 405 g/mol. The smallest absolute Gasteiger partial charge is 0.387 e. The van der Waals surface area contributed by atoms with Crippen molar-refractivity contribution in [2.24, 2.45) is 4.99 Å². The summed E-state index contributed by atoms with van der Waals surface area (Å²) in [6, 6.07) is 8.85. The number of hydrogen-bond donors (Lipinski definition) is 0. The van der Waals surface area contributed by atoms with E-state index in [1.165, 1.54) is 51.7 Å². The van der Waals surface area contributed by atoms with Gasteiger partial charge in [0.2, 0.25) is 5.90 Å². The largest absolute Gasteiger partial charge is 0.496 e. The number of cyclic esters (lactones) is 1. The number of ether oxygens (including phenoxy) is 5. The Morgan fingerprint density at radius 3 is 2.17 bits per heavy atom. The third kappa shape index (κ3) is 4.45. The van der Waals surface area contributed by atoms with E-state index in [9.17, 15) is 13.6 Å². The lowest BCUT2D eigenvalue weighted by molar-refractivity contribution is -0.129. The van der Waals surface area contributed by atoms with Crippen LogP contribution in [0.2, 0.25) is 0 Å². The molecule has 0 unspecified atom stereocenters. The van der Waals surface area contributed by atoms with E-state index in [0.29, 0.717) is 28.4 Å². The second-order valence-corrected chi connectivity index (χ2v) is 5.69. The van der Waals surface area contributed by atoms with E-state index < -0.39 is 12.6 Å². The zero-order valence-electron chi connectivity index (χ0n) is 15.8. The highest BCUT2D eigenvalue weighted by Crippen LogP contribution is 2.36. The number of carbonyl (C=O) groups is 1. The van der Waals surface area contributed by atoms with Crippen LogP contribution in [0.25, 0.3) is 6.08 Å². The maximum atomic E-state index is 12.2. The predicted octanol–water partition coefficient (Wildman–Crippen LogP) is 3.66. The van der Waals surface area contributed by atoms with Crippen LogP contribution in [0.1, 0.15) is 11.1 Å². The fourth-order valence-electron chi connectivity index (χ4n) is 2.62. The summed E-state index contributed by atoms with van der Waals surface area (Å²) in [5.74, 6) is 0.731. The van der Waals surface area contributed by atoms with Crippen molar-refractivity contribution in [3.05, 3.63) is 53.2 Å². The van der Waals surface area contributed by atoms with Crippen LogP contribution in [0, 0.1) is 0 Å². The molecule has 0 spiro atoms. The predicted molar refractivity (Wildman–Crippen MR) is 99.8 cm³/mol. The number of aliphatic imine (C=N–C) groups is 1. The summed E-state index contributed by atoms with van der Waals surface area (Å²) in [6.45, 7) is -2.92. The normalized spacial score (nSPS) is 14.6. The Morgan fingerprint density at radius 2 is 1.59 bits per heavy atom. The lowest BCUT2D eigenvalue weighted by atomic mass is 10.1. The van der Waals surface area contributed by atoms with Crippen molar-refractivity contribution in [3.8, 4) is 23.0 Å². The molecule has 0 bridgehead atoms. The van der Waals surface area contributed by atoms with Crippen molar-refractivity contribution in [2.75, 3.05) is 21.3 Å². The number of methoxy groups -OCH3 is 3. The molecular weight excluding hydrogens is 388 g/mol. The quantitative estimate of drug-likeness (QED) is 0.517. The minimum Gasteiger partial charge on any atom is -0.496 e. The second kappa shape index (κ2) is 8.59. The van der Waals surface area contributed by atoms with Gasteiger partial charge in [-0.1, -0.05) is 0 Å². The molecule has 29 heavy (non-hydrogen) atoms. The summed E-state index contributed by atoms with van der Waals surface area (Å²) in [4.78, 5) is 16.4. The Balaban J connectivity index is 1.92. The van der Waals surface area contributed by atoms with E-state index in [1.54, 1.807) is 12.1 Å². The number of alkyl halides is 2. The molecule has 0 saturated heterocycles. The van der Waals surface area contributed by atoms with Crippen molar-refractivity contribution in [3.63, 3.8) is 0 Å². The molecule has 0 fully saturated rings. The van der Waals surface area contributed by atoms with Gasteiger partial charge >= 0.3 is 12.6 Å². The van der Waals surface area contributed by atoms with Gasteiger partial charge in [-0.05, 0) is 36.4 Å². The highest BCUT2D eigenvalue weighted by atomic mass is 19.3. The first-order chi connectivity index (χ1) is 13.9. The first-order valence-corrected chi connectivity index (χ1v) is 8.33. The molecule has 0 atom stereocenters. The number of nitrogens with zero attached hydrogens (tertiary/aromatic N) is 1. The van der Waals surface area contributed by atoms with Crippen LogP contribution < -0.4 is 18.9 Å². The third-order valence-corrected chi connectivity index (χ3v) is 3.98. The van der Waals surface area contributed by atoms with E-state index in [1.807, 2.05) is 0 Å². The van der Waals surface area contributed by atoms with Crippen LogP contribution in [-0.4, -0.2) is 39.8 Å². The fraction of sp³-hybridized carbons (Fsp3) is 0.200. The average Bonchev–Trinajstić information content (AvgIpc) is 3.08. The van der Waals surface area contributed by atoms with Crippen molar-refractivity contribution >= 4 is 17.9 Å². The molecule has 0 N–H and O–H groups in total. The van der Waals surface area contributed by atoms with E-state index in [4.69, 9.17) is 18.9 Å². The molecule has 0 radical (unpaired) electrons. The van der Waals surface area contributed by atoms with Gasteiger partial charge in [0, 0.05) is 17.2 Å². The third-order valence-electron chi connectivity index (χ3n) is 3.98. The summed E-state index contributed by atoms with van der Waals surface area (Å²) >= 11 is 0. The Labute approximate surface area is 165 Å². The molecule has 3 rings (SSSR count). The summed E-state index contributed by atoms with van der Waals surface area (Å²) in [5.41, 5.74) is 1.00. The Hall–Kier alpha value is -3.62. The topological polar surface area (TPSA) is 75.6 Å². The zero-order chi connectivity index (χ0) is 21.0. The van der Waals surface area contributed by atoms with Gasteiger partial charge in [0.05, 0.1) is 21.3 Å². The Morgan fingerprint density at radius 1 is 0.966 bits per heavy atom. The van der Waals surface area contributed by atoms with E-state index >= 15 is 0 Å². The maximum absolute atomic E-state index is 12.2. The first kappa shape index (κ1) is 20.1. The molecule has 0 aromatic heterocycles. The number of rotatable bonds is 7. The number of halogens is 2. The van der Waals surface area contributed by atoms with Crippen molar-refractivity contribution in [1.82, 2.24) is 0 Å². The molecular formula is C20H17F2NO6. The van der Waals surface area contributed by atoms with Gasteiger partial charge in [-0.15, -0.1) is 0 Å². The van der Waals surface area contributed by atoms with Gasteiger partial charge in [-0.25, -0.2) is 9.79 Å². The molecule has 1 heterocycles. The minimum atomic E-state index is -2.92. The molecule has 1 aliphatic rings. The molecule has 2 aromatic rings. The summed E-state index contributed by atoms with van der Waals surface area (Å²) in [5, 5.41) is 0. The van der Waals surface area contributed by atoms with Gasteiger partial charge in [0.15, 0.2) is 17.2 Å². The SMILES string of the molecule is COc1cc(OC)c(OC)cc1C=C1N=C(c2ccc(OC(F)F)cc2)OC1=O. The lowest BCUT2D eigenvalue weighted by Crippen LogP contribution is -2.06. The number of hydrogen-bond acceptors (Lipinski definition) is 7. The van der Waals surface area contributed by atoms with Crippen LogP contribution in [0.5, 0.6) is 23.0 Å². The zero-order valence-corrected chi connectivity index (χ0v) is 15.8. The molecule has 1 aliphatic heterocycles. The number of benzene rings is 2. The van der Waals surface area contributed by atoms with E-state index in [2.05, 4.69) is 9.73 Å². The summed E-state index contributed by atoms with van der Waals surface area (Å²) < 4.78 is 49.8. The molecule has 9 heteroatoms. The molecule has 0 saturated carbocycles.